The highest BCUT2D eigenvalue weighted by Gasteiger charge is 2.28. The number of nitrogens with zero attached hydrogens (tertiary/aromatic N) is 6. The minimum atomic E-state index is -2.91. The molecule has 1 aliphatic heterocycles. The van der Waals surface area contributed by atoms with Crippen molar-refractivity contribution in [1.29, 1.82) is 0 Å². The van der Waals surface area contributed by atoms with Gasteiger partial charge in [-0.2, -0.15) is 18.6 Å². The molecule has 1 aliphatic rings. The first-order chi connectivity index (χ1) is 20.7. The van der Waals surface area contributed by atoms with E-state index < -0.39 is 6.55 Å². The van der Waals surface area contributed by atoms with E-state index in [1.54, 1.807) is 55.6 Å². The first-order valence-electron chi connectivity index (χ1n) is 13.6. The minimum absolute atomic E-state index is 0.101. The Morgan fingerprint density at radius 2 is 1.93 bits per heavy atom. The van der Waals surface area contributed by atoms with Gasteiger partial charge in [0.2, 0.25) is 5.91 Å². The van der Waals surface area contributed by atoms with Gasteiger partial charge in [0, 0.05) is 33.7 Å². The molecule has 0 fully saturated rings. The predicted molar refractivity (Wildman–Crippen MR) is 158 cm³/mol. The number of anilines is 1. The van der Waals surface area contributed by atoms with E-state index in [0.717, 1.165) is 10.3 Å². The molecule has 5 aromatic rings. The standard InChI is InChI=1S/C30H25Cl2F2N7O2/c1-17-4-2-7-22(18-5-3-6-19(12-18)28-24(36-29(17)42)14-35-41(28)30(33)34)26-10-8-20(15-40(26)43)23-13-21(31)9-11-25(23)39-16-27(32)37-38-39/h3,5-6,8-17,22,30H,2,4,7H2,1H3,(H,36,42)/t17-,22-/m1/s1. The van der Waals surface area contributed by atoms with Gasteiger partial charge in [-0.15, -0.1) is 5.10 Å². The Kier molecular flexibility index (Phi) is 7.85. The highest BCUT2D eigenvalue weighted by molar-refractivity contribution is 6.31. The lowest BCUT2D eigenvalue weighted by molar-refractivity contribution is -0.614. The van der Waals surface area contributed by atoms with Gasteiger partial charge in [-0.25, -0.2) is 9.36 Å². The number of halogens is 4. The second-order valence-corrected chi connectivity index (χ2v) is 11.3. The highest BCUT2D eigenvalue weighted by atomic mass is 35.5. The lowest BCUT2D eigenvalue weighted by Crippen LogP contribution is -2.34. The number of carbonyl (C=O) groups is 1. The lowest BCUT2D eigenvalue weighted by atomic mass is 9.86. The summed E-state index contributed by atoms with van der Waals surface area (Å²) in [5, 5.41) is 28.9. The fourth-order valence-corrected chi connectivity index (χ4v) is 5.81. The molecule has 0 unspecified atom stereocenters. The summed E-state index contributed by atoms with van der Waals surface area (Å²) in [5.41, 5.74) is 3.90. The number of aromatic nitrogens is 6. The molecular formula is C30H25Cl2F2N7O2. The molecule has 1 amide bonds. The molecule has 2 atom stereocenters. The van der Waals surface area contributed by atoms with E-state index in [1.165, 1.54) is 17.1 Å². The summed E-state index contributed by atoms with van der Waals surface area (Å²) in [4.78, 5) is 12.9. The quantitative estimate of drug-likeness (QED) is 0.171. The molecule has 43 heavy (non-hydrogen) atoms. The van der Waals surface area contributed by atoms with Crippen LogP contribution in [-0.2, 0) is 4.79 Å². The van der Waals surface area contributed by atoms with Crippen LogP contribution in [0.1, 0.15) is 49.9 Å². The summed E-state index contributed by atoms with van der Waals surface area (Å²) in [5.74, 6) is -1.03. The molecule has 1 N–H and O–H groups in total. The number of hydrogen-bond donors (Lipinski definition) is 1. The van der Waals surface area contributed by atoms with Gasteiger partial charge < -0.3 is 10.5 Å². The first-order valence-corrected chi connectivity index (χ1v) is 14.3. The Morgan fingerprint density at radius 3 is 2.67 bits per heavy atom. The second-order valence-electron chi connectivity index (χ2n) is 10.4. The number of carbonyl (C=O) groups excluding carboxylic acids is 1. The monoisotopic (exact) mass is 623 g/mol. The van der Waals surface area contributed by atoms with Crippen LogP contribution in [-0.4, -0.2) is 30.7 Å². The van der Waals surface area contributed by atoms with Crippen molar-refractivity contribution < 1.29 is 18.3 Å². The Bertz CT molecular complexity index is 1820. The third-order valence-corrected chi connectivity index (χ3v) is 8.07. The summed E-state index contributed by atoms with van der Waals surface area (Å²) in [6, 6.07) is 15.9. The van der Waals surface area contributed by atoms with Crippen molar-refractivity contribution in [3.8, 4) is 28.1 Å². The number of alkyl halides is 2. The third-order valence-electron chi connectivity index (χ3n) is 7.66. The maximum atomic E-state index is 13.9. The maximum Gasteiger partial charge on any atom is 0.333 e. The first kappa shape index (κ1) is 28.8. The molecule has 0 aliphatic carbocycles. The molecule has 6 rings (SSSR count). The number of benzene rings is 2. The van der Waals surface area contributed by atoms with Crippen molar-refractivity contribution in [2.75, 3.05) is 5.32 Å². The molecule has 0 spiro atoms. The van der Waals surface area contributed by atoms with Crippen molar-refractivity contribution in [3.05, 3.63) is 99.8 Å². The number of pyridine rings is 1. The SMILES string of the molecule is C[C@@H]1CCC[C@@H](c2ccc(-c3cc(Cl)ccc3-n3cc(Cl)nn3)c[n+]2[O-])c2cccc(c2)-c2c(cnn2C(F)F)NC1=O. The molecule has 220 valence electrons. The van der Waals surface area contributed by atoms with E-state index in [2.05, 4.69) is 20.7 Å². The van der Waals surface area contributed by atoms with Gasteiger partial charge in [0.25, 0.3) is 0 Å². The van der Waals surface area contributed by atoms with Crippen LogP contribution in [0.3, 0.4) is 0 Å². The number of amides is 1. The molecule has 0 saturated heterocycles. The average Bonchev–Trinajstić information content (AvgIpc) is 3.61. The fraction of sp³-hybridized carbons (Fsp3) is 0.233. The van der Waals surface area contributed by atoms with Crippen LogP contribution in [0.2, 0.25) is 10.2 Å². The van der Waals surface area contributed by atoms with Crippen molar-refractivity contribution in [2.45, 2.75) is 38.7 Å². The zero-order valence-electron chi connectivity index (χ0n) is 22.8. The summed E-state index contributed by atoms with van der Waals surface area (Å²) in [7, 11) is 0. The molecule has 4 heterocycles. The van der Waals surface area contributed by atoms with Crippen LogP contribution in [0.15, 0.2) is 73.2 Å². The Balaban J connectivity index is 1.44. The predicted octanol–water partition coefficient (Wildman–Crippen LogP) is 7.02. The van der Waals surface area contributed by atoms with E-state index in [4.69, 9.17) is 23.2 Å². The Labute approximate surface area is 255 Å². The van der Waals surface area contributed by atoms with Gasteiger partial charge >= 0.3 is 6.55 Å². The van der Waals surface area contributed by atoms with Crippen LogP contribution in [0.25, 0.3) is 28.1 Å². The normalized spacial score (nSPS) is 17.2. The summed E-state index contributed by atoms with van der Waals surface area (Å²) >= 11 is 12.3. The molecular weight excluding hydrogens is 599 g/mol. The molecule has 0 saturated carbocycles. The Hall–Kier alpha value is -4.35. The van der Waals surface area contributed by atoms with Gasteiger partial charge in [-0.3, -0.25) is 4.79 Å². The molecule has 3 aromatic heterocycles. The third kappa shape index (κ3) is 5.70. The summed E-state index contributed by atoms with van der Waals surface area (Å²) in [6.45, 7) is -1.12. The smallest absolute Gasteiger partial charge is 0.333 e. The van der Waals surface area contributed by atoms with Crippen molar-refractivity contribution in [1.82, 2.24) is 24.8 Å². The molecule has 13 heteroatoms. The van der Waals surface area contributed by atoms with E-state index in [0.29, 0.717) is 57.0 Å². The zero-order valence-corrected chi connectivity index (χ0v) is 24.3. The van der Waals surface area contributed by atoms with Crippen LogP contribution in [0.5, 0.6) is 0 Å². The van der Waals surface area contributed by atoms with Gasteiger partial charge in [0.1, 0.15) is 0 Å². The number of fused-ring (bicyclic) bond motifs is 4. The summed E-state index contributed by atoms with van der Waals surface area (Å²) in [6.07, 6.45) is 6.03. The van der Waals surface area contributed by atoms with E-state index >= 15 is 0 Å². The number of nitrogens with one attached hydrogen (secondary N) is 1. The van der Waals surface area contributed by atoms with Gasteiger partial charge in [-0.05, 0) is 48.7 Å². The Morgan fingerprint density at radius 1 is 1.09 bits per heavy atom. The molecule has 2 bridgehead atoms. The molecule has 9 nitrogen and oxygen atoms in total. The van der Waals surface area contributed by atoms with Crippen LogP contribution < -0.4 is 10.0 Å². The highest BCUT2D eigenvalue weighted by Crippen LogP contribution is 2.37. The summed E-state index contributed by atoms with van der Waals surface area (Å²) < 4.78 is 30.8. The second kappa shape index (κ2) is 11.7. The average molecular weight is 624 g/mol. The van der Waals surface area contributed by atoms with Crippen molar-refractivity contribution in [3.63, 3.8) is 0 Å². The maximum absolute atomic E-state index is 13.9. The zero-order chi connectivity index (χ0) is 30.2. The molecule has 2 aromatic carbocycles. The van der Waals surface area contributed by atoms with Crippen LogP contribution >= 0.6 is 23.2 Å². The largest absolute Gasteiger partial charge is 0.618 e. The van der Waals surface area contributed by atoms with E-state index in [-0.39, 0.29) is 34.3 Å². The van der Waals surface area contributed by atoms with Gasteiger partial charge in [0.15, 0.2) is 17.0 Å². The van der Waals surface area contributed by atoms with E-state index in [9.17, 15) is 18.8 Å². The van der Waals surface area contributed by atoms with Crippen molar-refractivity contribution in [2.24, 2.45) is 5.92 Å². The van der Waals surface area contributed by atoms with Gasteiger partial charge in [-0.1, -0.05) is 60.0 Å². The number of hydrogen-bond acceptors (Lipinski definition) is 5. The lowest BCUT2D eigenvalue weighted by Gasteiger charge is -2.21. The molecule has 0 radical (unpaired) electrons. The number of rotatable bonds is 4. The topological polar surface area (TPSA) is 105 Å². The van der Waals surface area contributed by atoms with E-state index in [1.807, 2.05) is 12.1 Å². The van der Waals surface area contributed by atoms with Crippen LogP contribution in [0, 0.1) is 11.1 Å². The minimum Gasteiger partial charge on any atom is -0.618 e. The van der Waals surface area contributed by atoms with Gasteiger partial charge in [0.05, 0.1) is 35.4 Å². The van der Waals surface area contributed by atoms with Crippen molar-refractivity contribution >= 4 is 34.8 Å². The fourth-order valence-electron chi connectivity index (χ4n) is 5.51. The van der Waals surface area contributed by atoms with Crippen LogP contribution in [0.4, 0.5) is 14.5 Å².